The number of hydrogen-bond donors (Lipinski definition) is 1. The highest BCUT2D eigenvalue weighted by Gasteiger charge is 2.14. The molecule has 5 nitrogen and oxygen atoms in total. The van der Waals surface area contributed by atoms with E-state index >= 15 is 0 Å². The van der Waals surface area contributed by atoms with Crippen LogP contribution in [-0.4, -0.2) is 10.9 Å². The average Bonchev–Trinajstić information content (AvgIpc) is 3.02. The first-order valence-corrected chi connectivity index (χ1v) is 13.3. The Morgan fingerprint density at radius 2 is 1.12 bits per heavy atom. The molecule has 5 heteroatoms. The maximum atomic E-state index is 13.4. The summed E-state index contributed by atoms with van der Waals surface area (Å²) in [7, 11) is 0. The first-order chi connectivity index (χ1) is 20.1. The van der Waals surface area contributed by atoms with Crippen LogP contribution in [0.3, 0.4) is 0 Å². The minimum Gasteiger partial charge on any atom is -0.508 e. The van der Waals surface area contributed by atoms with Crippen LogP contribution in [0.25, 0.3) is 6.08 Å². The zero-order valence-electron chi connectivity index (χ0n) is 22.5. The van der Waals surface area contributed by atoms with Gasteiger partial charge in [-0.15, -0.1) is 0 Å². The van der Waals surface area contributed by atoms with E-state index in [2.05, 4.69) is 0 Å². The third-order valence-corrected chi connectivity index (χ3v) is 6.35. The SMILES string of the molecule is O=C(C=Cc1ccc(O)cc1OCc1ccccc1)c1ccc(OCc2ccccc2)cc1OCc1ccccc1. The molecular formula is C36H30O5. The standard InChI is InChI=1S/C36H30O5/c37-31-18-16-30(35(22-31)40-25-28-12-6-2-7-13-28)17-21-34(38)33-20-19-32(39-24-27-10-4-1-5-11-27)23-36(33)41-26-29-14-8-3-9-15-29/h1-23,37H,24-26H2. The van der Waals surface area contributed by atoms with Crippen molar-refractivity contribution in [2.24, 2.45) is 0 Å². The Bertz CT molecular complexity index is 1600. The molecule has 0 atom stereocenters. The van der Waals surface area contributed by atoms with Gasteiger partial charge >= 0.3 is 0 Å². The van der Waals surface area contributed by atoms with Crippen molar-refractivity contribution in [3.05, 3.63) is 161 Å². The molecule has 5 aromatic rings. The number of phenolic OH excluding ortho intramolecular Hbond substituents is 1. The van der Waals surface area contributed by atoms with E-state index in [9.17, 15) is 9.90 Å². The first-order valence-electron chi connectivity index (χ1n) is 13.3. The van der Waals surface area contributed by atoms with Crippen LogP contribution in [0.1, 0.15) is 32.6 Å². The summed E-state index contributed by atoms with van der Waals surface area (Å²) in [5.74, 6) is 1.36. The van der Waals surface area contributed by atoms with Gasteiger partial charge in [0.2, 0.25) is 0 Å². The summed E-state index contributed by atoms with van der Waals surface area (Å²) >= 11 is 0. The second kappa shape index (κ2) is 13.7. The van der Waals surface area contributed by atoms with Gasteiger partial charge in [-0.1, -0.05) is 91.0 Å². The van der Waals surface area contributed by atoms with E-state index in [1.807, 2.05) is 91.0 Å². The third-order valence-electron chi connectivity index (χ3n) is 6.35. The molecule has 0 aliphatic carbocycles. The molecule has 0 unspecified atom stereocenters. The van der Waals surface area contributed by atoms with Crippen molar-refractivity contribution in [2.75, 3.05) is 0 Å². The second-order valence-electron chi connectivity index (χ2n) is 9.40. The molecular weight excluding hydrogens is 512 g/mol. The van der Waals surface area contributed by atoms with Crippen molar-refractivity contribution >= 4 is 11.9 Å². The quantitative estimate of drug-likeness (QED) is 0.128. The van der Waals surface area contributed by atoms with Gasteiger partial charge in [0.25, 0.3) is 0 Å². The number of aromatic hydroxyl groups is 1. The molecule has 5 rings (SSSR count). The van der Waals surface area contributed by atoms with E-state index in [0.717, 1.165) is 16.7 Å². The Labute approximate surface area is 239 Å². The molecule has 0 aromatic heterocycles. The molecule has 0 fully saturated rings. The van der Waals surface area contributed by atoms with Crippen LogP contribution in [0.2, 0.25) is 0 Å². The second-order valence-corrected chi connectivity index (χ2v) is 9.40. The molecule has 1 N–H and O–H groups in total. The van der Waals surface area contributed by atoms with Crippen molar-refractivity contribution < 1.29 is 24.1 Å². The lowest BCUT2D eigenvalue weighted by molar-refractivity contribution is 0.104. The van der Waals surface area contributed by atoms with Crippen LogP contribution < -0.4 is 14.2 Å². The fraction of sp³-hybridized carbons (Fsp3) is 0.0833. The Balaban J connectivity index is 1.35. The van der Waals surface area contributed by atoms with E-state index in [1.165, 1.54) is 6.08 Å². The van der Waals surface area contributed by atoms with E-state index in [1.54, 1.807) is 42.5 Å². The highest BCUT2D eigenvalue weighted by Crippen LogP contribution is 2.29. The van der Waals surface area contributed by atoms with Gasteiger partial charge in [-0.3, -0.25) is 4.79 Å². The lowest BCUT2D eigenvalue weighted by Crippen LogP contribution is -2.04. The van der Waals surface area contributed by atoms with Crippen LogP contribution >= 0.6 is 0 Å². The number of ketones is 1. The fourth-order valence-corrected chi connectivity index (χ4v) is 4.17. The number of carbonyl (C=O) groups excluding carboxylic acids is 1. The lowest BCUT2D eigenvalue weighted by atomic mass is 10.1. The number of allylic oxidation sites excluding steroid dienone is 1. The maximum absolute atomic E-state index is 13.4. The summed E-state index contributed by atoms with van der Waals surface area (Å²) in [6, 6.07) is 39.5. The summed E-state index contributed by atoms with van der Waals surface area (Å²) in [5, 5.41) is 10.0. The van der Waals surface area contributed by atoms with Crippen molar-refractivity contribution in [3.63, 3.8) is 0 Å². The van der Waals surface area contributed by atoms with E-state index < -0.39 is 0 Å². The topological polar surface area (TPSA) is 65.0 Å². The fourth-order valence-electron chi connectivity index (χ4n) is 4.17. The molecule has 0 bridgehead atoms. The molecule has 41 heavy (non-hydrogen) atoms. The molecule has 0 aliphatic rings. The first kappa shape index (κ1) is 27.3. The number of ether oxygens (including phenoxy) is 3. The summed E-state index contributed by atoms with van der Waals surface area (Å²) in [5.41, 5.74) is 4.11. The van der Waals surface area contributed by atoms with Crippen LogP contribution in [-0.2, 0) is 19.8 Å². The summed E-state index contributed by atoms with van der Waals surface area (Å²) in [4.78, 5) is 13.4. The van der Waals surface area contributed by atoms with Crippen LogP contribution in [0.5, 0.6) is 23.0 Å². The van der Waals surface area contributed by atoms with Crippen LogP contribution in [0, 0.1) is 0 Å². The summed E-state index contributed by atoms with van der Waals surface area (Å²) in [6.45, 7) is 1.04. The maximum Gasteiger partial charge on any atom is 0.189 e. The predicted octanol–water partition coefficient (Wildman–Crippen LogP) is 8.03. The van der Waals surface area contributed by atoms with Crippen LogP contribution in [0.4, 0.5) is 0 Å². The molecule has 0 saturated heterocycles. The third kappa shape index (κ3) is 7.87. The Morgan fingerprint density at radius 1 is 0.585 bits per heavy atom. The smallest absolute Gasteiger partial charge is 0.189 e. The largest absolute Gasteiger partial charge is 0.508 e. The van der Waals surface area contributed by atoms with E-state index in [0.29, 0.717) is 48.2 Å². The average molecular weight is 543 g/mol. The molecule has 5 aromatic carbocycles. The Morgan fingerprint density at radius 3 is 1.71 bits per heavy atom. The van der Waals surface area contributed by atoms with Gasteiger partial charge in [-0.05, 0) is 53.1 Å². The summed E-state index contributed by atoms with van der Waals surface area (Å²) in [6.07, 6.45) is 3.17. The van der Waals surface area contributed by atoms with E-state index in [4.69, 9.17) is 14.2 Å². The number of carbonyl (C=O) groups is 1. The molecule has 0 heterocycles. The number of benzene rings is 5. The highest BCUT2D eigenvalue weighted by molar-refractivity contribution is 6.08. The van der Waals surface area contributed by atoms with Crippen molar-refractivity contribution in [2.45, 2.75) is 19.8 Å². The van der Waals surface area contributed by atoms with Gasteiger partial charge in [0.05, 0.1) is 5.56 Å². The molecule has 204 valence electrons. The minimum absolute atomic E-state index is 0.0826. The predicted molar refractivity (Wildman–Crippen MR) is 160 cm³/mol. The number of hydrogen-bond acceptors (Lipinski definition) is 5. The van der Waals surface area contributed by atoms with Gasteiger partial charge in [0, 0.05) is 17.7 Å². The van der Waals surface area contributed by atoms with E-state index in [-0.39, 0.29) is 11.5 Å². The Kier molecular flexibility index (Phi) is 9.10. The normalized spacial score (nSPS) is 10.8. The summed E-state index contributed by atoms with van der Waals surface area (Å²) < 4.78 is 18.1. The Hall–Kier alpha value is -5.29. The van der Waals surface area contributed by atoms with Crippen molar-refractivity contribution in [1.29, 1.82) is 0 Å². The van der Waals surface area contributed by atoms with Gasteiger partial charge in [-0.25, -0.2) is 0 Å². The van der Waals surface area contributed by atoms with Gasteiger partial charge in [0.15, 0.2) is 5.78 Å². The number of rotatable bonds is 12. The molecule has 0 spiro atoms. The molecule has 0 aliphatic heterocycles. The zero-order valence-corrected chi connectivity index (χ0v) is 22.5. The van der Waals surface area contributed by atoms with Gasteiger partial charge < -0.3 is 19.3 Å². The molecule has 0 amide bonds. The van der Waals surface area contributed by atoms with Crippen molar-refractivity contribution in [1.82, 2.24) is 0 Å². The zero-order chi connectivity index (χ0) is 28.3. The van der Waals surface area contributed by atoms with Gasteiger partial charge in [0.1, 0.15) is 42.8 Å². The molecule has 0 radical (unpaired) electrons. The molecule has 0 saturated carbocycles. The van der Waals surface area contributed by atoms with Crippen LogP contribution in [0.15, 0.2) is 133 Å². The minimum atomic E-state index is -0.232. The number of phenols is 1. The van der Waals surface area contributed by atoms with Gasteiger partial charge in [-0.2, -0.15) is 0 Å². The lowest BCUT2D eigenvalue weighted by Gasteiger charge is -2.13. The monoisotopic (exact) mass is 542 g/mol. The van der Waals surface area contributed by atoms with Crippen molar-refractivity contribution in [3.8, 4) is 23.0 Å². The highest BCUT2D eigenvalue weighted by atomic mass is 16.5.